The van der Waals surface area contributed by atoms with Crippen molar-refractivity contribution < 1.29 is 20.1 Å². The molecule has 1 radical (unpaired) electrons. The SMILES string of the molecule is CC(C)C1=Cc2cccc3nc(-c4[c-]cccc4)n(c23)C1.Cc1c[c-]c(-c2ccc(C)cn2)cc1.[Ir]. The van der Waals surface area contributed by atoms with E-state index in [1.54, 1.807) is 0 Å². The number of imidazole rings is 1. The van der Waals surface area contributed by atoms with E-state index in [1.807, 2.05) is 49.5 Å². The van der Waals surface area contributed by atoms with Crippen LogP contribution in [0.3, 0.4) is 0 Å². The van der Waals surface area contributed by atoms with Crippen molar-refractivity contribution >= 4 is 17.1 Å². The van der Waals surface area contributed by atoms with Crippen LogP contribution >= 0.6 is 0 Å². The fourth-order valence-corrected chi connectivity index (χ4v) is 4.29. The van der Waals surface area contributed by atoms with Crippen molar-refractivity contribution in [2.24, 2.45) is 5.92 Å². The first-order valence-corrected chi connectivity index (χ1v) is 12.1. The molecule has 0 atom stereocenters. The van der Waals surface area contributed by atoms with E-state index in [9.17, 15) is 0 Å². The number of aromatic nitrogens is 3. The normalized spacial score (nSPS) is 12.0. The fourth-order valence-electron chi connectivity index (χ4n) is 4.29. The largest absolute Gasteiger partial charge is 0.360 e. The number of hydrogen-bond acceptors (Lipinski definition) is 2. The van der Waals surface area contributed by atoms with Crippen LogP contribution in [0.25, 0.3) is 39.8 Å². The van der Waals surface area contributed by atoms with Gasteiger partial charge in [-0.15, -0.1) is 71.3 Å². The van der Waals surface area contributed by atoms with E-state index < -0.39 is 0 Å². The van der Waals surface area contributed by atoms with Gasteiger partial charge in [0, 0.05) is 32.8 Å². The van der Waals surface area contributed by atoms with Gasteiger partial charge in [-0.3, -0.25) is 4.98 Å². The van der Waals surface area contributed by atoms with Gasteiger partial charge in [-0.05, 0) is 41.3 Å². The van der Waals surface area contributed by atoms with E-state index in [-0.39, 0.29) is 20.1 Å². The average Bonchev–Trinajstić information content (AvgIpc) is 3.26. The molecule has 4 heteroatoms. The molecule has 5 aromatic rings. The summed E-state index contributed by atoms with van der Waals surface area (Å²) in [6, 6.07) is 31.1. The topological polar surface area (TPSA) is 30.7 Å². The Morgan fingerprint density at radius 3 is 2.36 bits per heavy atom. The van der Waals surface area contributed by atoms with E-state index in [2.05, 4.69) is 84.9 Å². The van der Waals surface area contributed by atoms with Gasteiger partial charge in [0.1, 0.15) is 0 Å². The van der Waals surface area contributed by atoms with Crippen LogP contribution in [-0.2, 0) is 26.7 Å². The van der Waals surface area contributed by atoms with E-state index in [0.29, 0.717) is 5.92 Å². The molecule has 0 spiro atoms. The van der Waals surface area contributed by atoms with Crippen molar-refractivity contribution in [2.75, 3.05) is 0 Å². The minimum absolute atomic E-state index is 0. The third kappa shape index (κ3) is 5.41. The van der Waals surface area contributed by atoms with Crippen molar-refractivity contribution in [1.82, 2.24) is 14.5 Å². The third-order valence-electron chi connectivity index (χ3n) is 6.33. The molecular formula is C32H29IrN3-2. The molecule has 2 aromatic heterocycles. The van der Waals surface area contributed by atoms with Crippen molar-refractivity contribution in [3.63, 3.8) is 0 Å². The van der Waals surface area contributed by atoms with Crippen LogP contribution in [0.2, 0.25) is 0 Å². The molecule has 0 unspecified atom stereocenters. The van der Waals surface area contributed by atoms with Crippen molar-refractivity contribution in [2.45, 2.75) is 34.2 Å². The summed E-state index contributed by atoms with van der Waals surface area (Å²) in [7, 11) is 0. The minimum atomic E-state index is 0. The molecule has 1 aliphatic rings. The van der Waals surface area contributed by atoms with Gasteiger partial charge in [-0.25, -0.2) is 0 Å². The maximum Gasteiger partial charge on any atom is 0.0777 e. The molecule has 36 heavy (non-hydrogen) atoms. The molecule has 0 aliphatic carbocycles. The molecule has 0 bridgehead atoms. The van der Waals surface area contributed by atoms with Crippen LogP contribution in [0, 0.1) is 31.9 Å². The Hall–Kier alpha value is -3.33. The minimum Gasteiger partial charge on any atom is -0.360 e. The second-order valence-corrected chi connectivity index (χ2v) is 9.39. The maximum absolute atomic E-state index is 4.85. The van der Waals surface area contributed by atoms with Crippen LogP contribution in [0.4, 0.5) is 0 Å². The van der Waals surface area contributed by atoms with Crippen LogP contribution < -0.4 is 0 Å². The first-order chi connectivity index (χ1) is 17.0. The Labute approximate surface area is 227 Å². The number of benzene rings is 3. The van der Waals surface area contributed by atoms with Gasteiger partial charge in [-0.2, -0.15) is 0 Å². The molecule has 1 aliphatic heterocycles. The number of nitrogens with zero attached hydrogens (tertiary/aromatic N) is 3. The molecule has 0 amide bonds. The zero-order valence-corrected chi connectivity index (χ0v) is 23.4. The molecule has 0 fully saturated rings. The smallest absolute Gasteiger partial charge is 0.0777 e. The van der Waals surface area contributed by atoms with Gasteiger partial charge < -0.3 is 9.55 Å². The van der Waals surface area contributed by atoms with E-state index >= 15 is 0 Å². The van der Waals surface area contributed by atoms with Crippen molar-refractivity contribution in [1.29, 1.82) is 0 Å². The number of allylic oxidation sites excluding steroid dienone is 1. The predicted octanol–water partition coefficient (Wildman–Crippen LogP) is 7.72. The summed E-state index contributed by atoms with van der Waals surface area (Å²) < 4.78 is 2.34. The number of aryl methyl sites for hydroxylation is 2. The quantitative estimate of drug-likeness (QED) is 0.188. The van der Waals surface area contributed by atoms with Crippen LogP contribution in [0.5, 0.6) is 0 Å². The number of hydrogen-bond donors (Lipinski definition) is 0. The van der Waals surface area contributed by atoms with Gasteiger partial charge in [0.05, 0.1) is 16.9 Å². The Morgan fingerprint density at radius 2 is 1.69 bits per heavy atom. The van der Waals surface area contributed by atoms with Gasteiger partial charge >= 0.3 is 0 Å². The van der Waals surface area contributed by atoms with Crippen molar-refractivity contribution in [3.05, 3.63) is 113 Å². The predicted molar refractivity (Wildman–Crippen MR) is 145 cm³/mol. The molecule has 183 valence electrons. The first kappa shape index (κ1) is 25.8. The summed E-state index contributed by atoms with van der Waals surface area (Å²) in [6.07, 6.45) is 4.20. The van der Waals surface area contributed by atoms with E-state index in [0.717, 1.165) is 34.7 Å². The Bertz CT molecular complexity index is 1440. The maximum atomic E-state index is 4.85. The summed E-state index contributed by atoms with van der Waals surface area (Å²) in [4.78, 5) is 9.19. The van der Waals surface area contributed by atoms with Crippen LogP contribution in [0.15, 0.2) is 84.6 Å². The number of pyridine rings is 1. The Morgan fingerprint density at radius 1 is 0.861 bits per heavy atom. The summed E-state index contributed by atoms with van der Waals surface area (Å²) in [5.74, 6) is 1.56. The summed E-state index contributed by atoms with van der Waals surface area (Å²) in [6.45, 7) is 9.52. The summed E-state index contributed by atoms with van der Waals surface area (Å²) >= 11 is 0. The zero-order valence-electron chi connectivity index (χ0n) is 21.0. The van der Waals surface area contributed by atoms with Crippen molar-refractivity contribution in [3.8, 4) is 22.6 Å². The molecule has 3 heterocycles. The molecule has 3 aromatic carbocycles. The standard InChI is InChI=1S/C19H17N2.C13H12N.Ir/c1-13(2)16-11-15-9-6-10-17-18(15)21(12-16)19(20-17)14-7-4-3-5-8-14;1-10-3-6-12(7-4-10)13-8-5-11(2)9-14-13;/h3-7,9-11,13H,12H2,1-2H3;3-6,8-9H,1-2H3;/q2*-1;. The molecule has 0 saturated heterocycles. The zero-order chi connectivity index (χ0) is 24.4. The number of rotatable bonds is 3. The fraction of sp³-hybridized carbons (Fsp3) is 0.188. The van der Waals surface area contributed by atoms with E-state index in [1.165, 1.54) is 27.8 Å². The molecule has 0 saturated carbocycles. The molecule has 0 N–H and O–H groups in total. The number of para-hydroxylation sites is 1. The third-order valence-corrected chi connectivity index (χ3v) is 6.33. The second kappa shape index (κ2) is 11.2. The molecular weight excluding hydrogens is 619 g/mol. The Balaban J connectivity index is 0.000000178. The monoisotopic (exact) mass is 648 g/mol. The molecule has 6 rings (SSSR count). The first-order valence-electron chi connectivity index (χ1n) is 12.1. The van der Waals surface area contributed by atoms with Gasteiger partial charge in [0.25, 0.3) is 0 Å². The second-order valence-electron chi connectivity index (χ2n) is 9.39. The molecule has 3 nitrogen and oxygen atoms in total. The van der Waals surface area contributed by atoms with Gasteiger partial charge in [0.2, 0.25) is 0 Å². The van der Waals surface area contributed by atoms with E-state index in [4.69, 9.17) is 4.98 Å². The van der Waals surface area contributed by atoms with Gasteiger partial charge in [0.15, 0.2) is 0 Å². The summed E-state index contributed by atoms with van der Waals surface area (Å²) in [5.41, 5.74) is 10.5. The van der Waals surface area contributed by atoms with Crippen LogP contribution in [0.1, 0.15) is 30.5 Å². The summed E-state index contributed by atoms with van der Waals surface area (Å²) in [5, 5.41) is 0. The average molecular weight is 648 g/mol. The Kier molecular flexibility index (Phi) is 7.98. The van der Waals surface area contributed by atoms with Gasteiger partial charge in [-0.1, -0.05) is 51.1 Å². The van der Waals surface area contributed by atoms with Crippen LogP contribution in [-0.4, -0.2) is 14.5 Å².